The molecule has 0 spiro atoms. The van der Waals surface area contributed by atoms with E-state index in [1.165, 1.54) is 38.1 Å². The molecule has 0 unspecified atom stereocenters. The average Bonchev–Trinajstić information content (AvgIpc) is 3.78. The predicted molar refractivity (Wildman–Crippen MR) is 177 cm³/mol. The van der Waals surface area contributed by atoms with Gasteiger partial charge in [0.25, 0.3) is 0 Å². The van der Waals surface area contributed by atoms with Crippen LogP contribution in [0, 0.1) is 0 Å². The third-order valence-corrected chi connectivity index (χ3v) is 8.96. The van der Waals surface area contributed by atoms with E-state index in [0.29, 0.717) is 0 Å². The van der Waals surface area contributed by atoms with Crippen molar-refractivity contribution in [1.82, 2.24) is 23.5 Å². The van der Waals surface area contributed by atoms with Crippen molar-refractivity contribution in [2.75, 3.05) is 0 Å². The van der Waals surface area contributed by atoms with Gasteiger partial charge in [-0.3, -0.25) is 9.38 Å². The summed E-state index contributed by atoms with van der Waals surface area (Å²) in [4.78, 5) is 9.37. The molecule has 0 N–H and O–H groups in total. The summed E-state index contributed by atoms with van der Waals surface area (Å²) in [6, 6.07) is 41.3. The third kappa shape index (κ3) is 2.90. The largest absolute Gasteiger partial charge is 0.309 e. The number of fused-ring (bicyclic) bond motifs is 14. The molecule has 5 heterocycles. The molecule has 10 rings (SSSR count). The quantitative estimate of drug-likeness (QED) is 0.202. The van der Waals surface area contributed by atoms with Crippen molar-refractivity contribution < 1.29 is 0 Å². The smallest absolute Gasteiger partial charge is 0.145 e. The maximum Gasteiger partial charge on any atom is 0.145 e. The number of pyridine rings is 2. The summed E-state index contributed by atoms with van der Waals surface area (Å²) in [7, 11) is 0. The Morgan fingerprint density at radius 1 is 0.442 bits per heavy atom. The third-order valence-electron chi connectivity index (χ3n) is 8.96. The van der Waals surface area contributed by atoms with Crippen LogP contribution in [0.4, 0.5) is 0 Å². The van der Waals surface area contributed by atoms with E-state index < -0.39 is 0 Å². The van der Waals surface area contributed by atoms with Crippen LogP contribution >= 0.6 is 0 Å². The fraction of sp³-hybridized carbons (Fsp3) is 0. The van der Waals surface area contributed by atoms with Crippen molar-refractivity contribution in [1.29, 1.82) is 0 Å². The molecule has 0 amide bonds. The van der Waals surface area contributed by atoms with Gasteiger partial charge in [-0.1, -0.05) is 66.7 Å². The Morgan fingerprint density at radius 3 is 1.86 bits per heavy atom. The maximum absolute atomic E-state index is 4.83. The topological polar surface area (TPSA) is 40.0 Å². The summed E-state index contributed by atoms with van der Waals surface area (Å²) in [5.41, 5.74) is 9.08. The Bertz CT molecular complexity index is 2710. The highest BCUT2D eigenvalue weighted by Gasteiger charge is 2.24. The van der Waals surface area contributed by atoms with Crippen molar-refractivity contribution >= 4 is 70.9 Å². The van der Waals surface area contributed by atoms with Gasteiger partial charge in [-0.05, 0) is 48.5 Å². The highest BCUT2D eigenvalue weighted by atomic mass is 15.0. The number of hydrogen-bond acceptors (Lipinski definition) is 2. The lowest BCUT2D eigenvalue weighted by molar-refractivity contribution is 1.17. The van der Waals surface area contributed by atoms with Crippen LogP contribution in [-0.4, -0.2) is 23.5 Å². The first kappa shape index (κ1) is 22.7. The van der Waals surface area contributed by atoms with Gasteiger partial charge in [0, 0.05) is 73.9 Å². The van der Waals surface area contributed by atoms with E-state index in [9.17, 15) is 0 Å². The number of rotatable bonds is 2. The van der Waals surface area contributed by atoms with Gasteiger partial charge in [0.2, 0.25) is 0 Å². The molecule has 5 aromatic carbocycles. The predicted octanol–water partition coefficient (Wildman–Crippen LogP) is 9.23. The molecule has 0 atom stereocenters. The average molecular weight is 550 g/mol. The van der Waals surface area contributed by atoms with Crippen LogP contribution in [0.5, 0.6) is 0 Å². The van der Waals surface area contributed by atoms with E-state index in [0.717, 1.165) is 44.2 Å². The first-order valence-electron chi connectivity index (χ1n) is 14.5. The van der Waals surface area contributed by atoms with Crippen LogP contribution in [0.3, 0.4) is 0 Å². The van der Waals surface area contributed by atoms with Gasteiger partial charge in [0.05, 0.1) is 27.6 Å². The number of hydrogen-bond donors (Lipinski definition) is 0. The van der Waals surface area contributed by atoms with E-state index in [1.807, 2.05) is 18.6 Å². The molecule has 0 aliphatic carbocycles. The maximum atomic E-state index is 4.83. The van der Waals surface area contributed by atoms with Crippen molar-refractivity contribution in [2.45, 2.75) is 0 Å². The van der Waals surface area contributed by atoms with E-state index in [2.05, 4.69) is 140 Å². The second-order valence-corrected chi connectivity index (χ2v) is 11.1. The van der Waals surface area contributed by atoms with Crippen LogP contribution in [0.25, 0.3) is 82.3 Å². The second kappa shape index (κ2) is 8.30. The minimum absolute atomic E-state index is 0.939. The fourth-order valence-corrected chi connectivity index (χ4v) is 7.28. The van der Waals surface area contributed by atoms with Crippen molar-refractivity contribution in [3.63, 3.8) is 0 Å². The zero-order chi connectivity index (χ0) is 28.1. The fourth-order valence-electron chi connectivity index (χ4n) is 7.28. The van der Waals surface area contributed by atoms with Crippen LogP contribution in [0.15, 0.2) is 140 Å². The summed E-state index contributed by atoms with van der Waals surface area (Å²) < 4.78 is 7.12. The first-order valence-corrected chi connectivity index (χ1v) is 14.5. The molecule has 0 saturated heterocycles. The highest BCUT2D eigenvalue weighted by molar-refractivity contribution is 6.32. The summed E-state index contributed by atoms with van der Waals surface area (Å²) in [6.45, 7) is 0. The number of para-hydroxylation sites is 3. The molecular weight excluding hydrogens is 526 g/mol. The number of imidazole rings is 1. The highest BCUT2D eigenvalue weighted by Crippen LogP contribution is 2.45. The Labute approximate surface area is 245 Å². The van der Waals surface area contributed by atoms with E-state index in [-0.39, 0.29) is 0 Å². The van der Waals surface area contributed by atoms with Crippen LogP contribution in [0.2, 0.25) is 0 Å². The zero-order valence-electron chi connectivity index (χ0n) is 23.0. The summed E-state index contributed by atoms with van der Waals surface area (Å²) >= 11 is 0. The van der Waals surface area contributed by atoms with Crippen molar-refractivity contribution in [2.24, 2.45) is 0 Å². The molecule has 5 heteroatoms. The molecule has 5 aromatic heterocycles. The van der Waals surface area contributed by atoms with Crippen LogP contribution < -0.4 is 0 Å². The molecule has 0 saturated carbocycles. The Hall–Kier alpha value is -5.94. The van der Waals surface area contributed by atoms with E-state index in [1.54, 1.807) is 0 Å². The van der Waals surface area contributed by atoms with Gasteiger partial charge in [-0.25, -0.2) is 4.98 Å². The lowest BCUT2D eigenvalue weighted by atomic mass is 10.0. The van der Waals surface area contributed by atoms with Gasteiger partial charge in [0.15, 0.2) is 0 Å². The molecule has 10 aromatic rings. The first-order chi connectivity index (χ1) is 21.4. The van der Waals surface area contributed by atoms with Gasteiger partial charge in [0.1, 0.15) is 5.65 Å². The van der Waals surface area contributed by atoms with Gasteiger partial charge < -0.3 is 9.13 Å². The lowest BCUT2D eigenvalue weighted by Crippen LogP contribution is -1.95. The molecule has 0 radical (unpaired) electrons. The molecular formula is C38H23N5. The minimum Gasteiger partial charge on any atom is -0.309 e. The Balaban J connectivity index is 1.57. The van der Waals surface area contributed by atoms with Crippen molar-refractivity contribution in [3.05, 3.63) is 140 Å². The molecule has 5 nitrogen and oxygen atoms in total. The minimum atomic E-state index is 0.939. The molecule has 0 bridgehead atoms. The lowest BCUT2D eigenvalue weighted by Gasteiger charge is -2.11. The zero-order valence-corrected chi connectivity index (χ0v) is 23.0. The number of nitrogens with zero attached hydrogens (tertiary/aromatic N) is 5. The Morgan fingerprint density at radius 2 is 1.09 bits per heavy atom. The Kier molecular flexibility index (Phi) is 4.39. The SMILES string of the molecule is c1ccc(-n2c3ccc4c5ccccc5n(-c5ccccc5)c4c3c3c2ccc2c4cnccc4c4nccn4c23)cc1. The van der Waals surface area contributed by atoms with Crippen molar-refractivity contribution in [3.8, 4) is 11.4 Å². The number of benzene rings is 5. The van der Waals surface area contributed by atoms with E-state index >= 15 is 0 Å². The summed E-state index contributed by atoms with van der Waals surface area (Å²) in [6.07, 6.45) is 7.82. The summed E-state index contributed by atoms with van der Waals surface area (Å²) in [5.74, 6) is 0. The normalized spacial score (nSPS) is 12.2. The van der Waals surface area contributed by atoms with Gasteiger partial charge >= 0.3 is 0 Å². The van der Waals surface area contributed by atoms with Crippen LogP contribution in [0.1, 0.15) is 0 Å². The molecule has 0 fully saturated rings. The monoisotopic (exact) mass is 549 g/mol. The second-order valence-electron chi connectivity index (χ2n) is 11.1. The molecule has 0 aliphatic heterocycles. The number of aromatic nitrogens is 5. The van der Waals surface area contributed by atoms with Gasteiger partial charge in [-0.15, -0.1) is 0 Å². The summed E-state index contributed by atoms with van der Waals surface area (Å²) in [5, 5.41) is 8.27. The molecule has 0 aliphatic rings. The standard InChI is InChI=1S/C38H23N5/c1-3-9-24(10-4-1)42-32-18-16-28-30-23-39-20-19-29(30)38-40-21-22-41(38)36(28)34(32)35-33(42)17-15-27-26-13-7-8-14-31(26)43(37(27)35)25-11-5-2-6-12-25/h1-23H. The van der Waals surface area contributed by atoms with Crippen LogP contribution in [-0.2, 0) is 0 Å². The van der Waals surface area contributed by atoms with Gasteiger partial charge in [-0.2, -0.15) is 0 Å². The molecule has 43 heavy (non-hydrogen) atoms. The van der Waals surface area contributed by atoms with E-state index in [4.69, 9.17) is 4.98 Å². The molecule has 200 valence electrons.